The summed E-state index contributed by atoms with van der Waals surface area (Å²) in [5, 5.41) is 3.57. The van der Waals surface area contributed by atoms with E-state index in [0.29, 0.717) is 28.5 Å². The molecule has 1 atom stereocenters. The Morgan fingerprint density at radius 3 is 2.57 bits per heavy atom. The van der Waals surface area contributed by atoms with Gasteiger partial charge in [0.05, 0.1) is 10.0 Å². The van der Waals surface area contributed by atoms with Crippen molar-refractivity contribution in [1.29, 1.82) is 0 Å². The maximum absolute atomic E-state index is 12.0. The molecule has 120 valence electrons. The van der Waals surface area contributed by atoms with Gasteiger partial charge >= 0.3 is 0 Å². The molecule has 0 heterocycles. The Morgan fingerprint density at radius 2 is 1.91 bits per heavy atom. The van der Waals surface area contributed by atoms with Gasteiger partial charge in [-0.15, -0.1) is 0 Å². The number of hydrogen-bond donors (Lipinski definition) is 1. The van der Waals surface area contributed by atoms with E-state index in [1.165, 1.54) is 0 Å². The van der Waals surface area contributed by atoms with E-state index in [1.807, 2.05) is 24.3 Å². The normalized spacial score (nSPS) is 11.8. The van der Waals surface area contributed by atoms with Crippen molar-refractivity contribution in [2.24, 2.45) is 0 Å². The summed E-state index contributed by atoms with van der Waals surface area (Å²) in [5.74, 6) is -0.201. The summed E-state index contributed by atoms with van der Waals surface area (Å²) in [7, 11) is 1.60. The van der Waals surface area contributed by atoms with Crippen LogP contribution in [0.1, 0.15) is 33.8 Å². The second kappa shape index (κ2) is 8.14. The largest absolute Gasteiger partial charge is 0.355 e. The fourth-order valence-corrected chi connectivity index (χ4v) is 2.85. The van der Waals surface area contributed by atoms with Gasteiger partial charge in [-0.3, -0.25) is 4.79 Å². The van der Waals surface area contributed by atoms with Crippen LogP contribution in [0.5, 0.6) is 0 Å². The van der Waals surface area contributed by atoms with Crippen molar-refractivity contribution in [1.82, 2.24) is 5.32 Å². The molecular formula is C18H17Cl2NO2. The third kappa shape index (κ3) is 4.34. The molecule has 0 radical (unpaired) electrons. The summed E-state index contributed by atoms with van der Waals surface area (Å²) in [4.78, 5) is 23.1. The van der Waals surface area contributed by atoms with Crippen molar-refractivity contribution in [3.8, 4) is 0 Å². The Hall–Kier alpha value is -1.84. The van der Waals surface area contributed by atoms with E-state index in [-0.39, 0.29) is 11.8 Å². The summed E-state index contributed by atoms with van der Waals surface area (Å²) >= 11 is 12.0. The lowest BCUT2D eigenvalue weighted by Crippen LogP contribution is -2.20. The van der Waals surface area contributed by atoms with Crippen LogP contribution in [0.25, 0.3) is 0 Å². The van der Waals surface area contributed by atoms with E-state index in [1.54, 1.807) is 25.2 Å². The number of carbonyl (C=O) groups is 2. The van der Waals surface area contributed by atoms with Gasteiger partial charge in [0.25, 0.3) is 5.91 Å². The zero-order valence-corrected chi connectivity index (χ0v) is 14.2. The molecule has 0 fully saturated rings. The Bertz CT molecular complexity index is 716. The minimum Gasteiger partial charge on any atom is -0.355 e. The number of amides is 1. The van der Waals surface area contributed by atoms with Crippen molar-refractivity contribution in [3.05, 3.63) is 69.2 Å². The first-order chi connectivity index (χ1) is 11.1. The number of aldehydes is 1. The van der Waals surface area contributed by atoms with Crippen LogP contribution in [0, 0.1) is 0 Å². The number of rotatable bonds is 6. The highest BCUT2D eigenvalue weighted by atomic mass is 35.5. The molecule has 2 rings (SSSR count). The highest BCUT2D eigenvalue weighted by Crippen LogP contribution is 2.30. The van der Waals surface area contributed by atoms with Gasteiger partial charge in [-0.1, -0.05) is 47.5 Å². The summed E-state index contributed by atoms with van der Waals surface area (Å²) in [5.41, 5.74) is 2.44. The van der Waals surface area contributed by atoms with Gasteiger partial charge in [0.1, 0.15) is 6.29 Å². The van der Waals surface area contributed by atoms with E-state index in [9.17, 15) is 9.59 Å². The standard InChI is InChI=1S/C18H17Cl2NO2/c1-21-18(23)15-5-3-2-4-14(15)10-13(8-9-22)12-6-7-16(19)17(20)11-12/h2-7,9,11,13H,8,10H2,1H3,(H,21,23). The Kier molecular flexibility index (Phi) is 6.20. The number of benzene rings is 2. The van der Waals surface area contributed by atoms with Gasteiger partial charge in [0, 0.05) is 19.0 Å². The molecule has 0 aromatic heterocycles. The van der Waals surface area contributed by atoms with Crippen LogP contribution in [-0.4, -0.2) is 19.2 Å². The van der Waals surface area contributed by atoms with E-state index in [2.05, 4.69) is 5.32 Å². The molecule has 1 amide bonds. The molecule has 23 heavy (non-hydrogen) atoms. The third-order valence-electron chi connectivity index (χ3n) is 3.75. The molecule has 0 aliphatic rings. The predicted octanol–water partition coefficient (Wildman–Crippen LogP) is 4.27. The number of hydrogen-bond acceptors (Lipinski definition) is 2. The van der Waals surface area contributed by atoms with Gasteiger partial charge in [-0.05, 0) is 41.7 Å². The first-order valence-electron chi connectivity index (χ1n) is 7.25. The van der Waals surface area contributed by atoms with Crippen molar-refractivity contribution >= 4 is 35.4 Å². The van der Waals surface area contributed by atoms with Crippen molar-refractivity contribution in [2.45, 2.75) is 18.8 Å². The number of carbonyl (C=O) groups excluding carboxylic acids is 2. The van der Waals surface area contributed by atoms with E-state index < -0.39 is 0 Å². The second-order valence-corrected chi connectivity index (χ2v) is 6.03. The minimum absolute atomic E-state index is 0.0620. The SMILES string of the molecule is CNC(=O)c1ccccc1CC(CC=O)c1ccc(Cl)c(Cl)c1. The average molecular weight is 350 g/mol. The van der Waals surface area contributed by atoms with E-state index in [4.69, 9.17) is 23.2 Å². The molecule has 0 saturated heterocycles. The molecule has 1 N–H and O–H groups in total. The zero-order chi connectivity index (χ0) is 16.8. The molecule has 2 aromatic carbocycles. The fraction of sp³-hybridized carbons (Fsp3) is 0.222. The average Bonchev–Trinajstić information content (AvgIpc) is 2.56. The monoisotopic (exact) mass is 349 g/mol. The van der Waals surface area contributed by atoms with Gasteiger partial charge in [-0.2, -0.15) is 0 Å². The molecule has 3 nitrogen and oxygen atoms in total. The number of halogens is 2. The first-order valence-corrected chi connectivity index (χ1v) is 8.01. The van der Waals surface area contributed by atoms with Crippen molar-refractivity contribution in [3.63, 3.8) is 0 Å². The Labute approximate surface area is 145 Å². The van der Waals surface area contributed by atoms with Gasteiger partial charge in [-0.25, -0.2) is 0 Å². The van der Waals surface area contributed by atoms with Crippen LogP contribution in [-0.2, 0) is 11.2 Å². The maximum atomic E-state index is 12.0. The maximum Gasteiger partial charge on any atom is 0.251 e. The van der Waals surface area contributed by atoms with Crippen LogP contribution in [0.3, 0.4) is 0 Å². The predicted molar refractivity (Wildman–Crippen MR) is 93.4 cm³/mol. The summed E-state index contributed by atoms with van der Waals surface area (Å²) in [6.07, 6.45) is 1.80. The van der Waals surface area contributed by atoms with Crippen LogP contribution in [0.4, 0.5) is 0 Å². The van der Waals surface area contributed by atoms with Crippen LogP contribution in [0.2, 0.25) is 10.0 Å². The Morgan fingerprint density at radius 1 is 1.17 bits per heavy atom. The van der Waals surface area contributed by atoms with Gasteiger partial charge < -0.3 is 10.1 Å². The topological polar surface area (TPSA) is 46.2 Å². The summed E-state index contributed by atoms with van der Waals surface area (Å²) in [6.45, 7) is 0. The second-order valence-electron chi connectivity index (χ2n) is 5.21. The molecule has 0 spiro atoms. The summed E-state index contributed by atoms with van der Waals surface area (Å²) in [6, 6.07) is 12.8. The quantitative estimate of drug-likeness (QED) is 0.791. The lowest BCUT2D eigenvalue weighted by molar-refractivity contribution is -0.108. The third-order valence-corrected chi connectivity index (χ3v) is 4.49. The molecule has 5 heteroatoms. The molecule has 2 aromatic rings. The van der Waals surface area contributed by atoms with E-state index >= 15 is 0 Å². The van der Waals surface area contributed by atoms with Crippen LogP contribution < -0.4 is 5.32 Å². The molecule has 0 aliphatic carbocycles. The minimum atomic E-state index is -0.139. The smallest absolute Gasteiger partial charge is 0.251 e. The highest BCUT2D eigenvalue weighted by molar-refractivity contribution is 6.42. The molecule has 0 bridgehead atoms. The molecule has 0 saturated carbocycles. The molecule has 0 aliphatic heterocycles. The van der Waals surface area contributed by atoms with Crippen LogP contribution >= 0.6 is 23.2 Å². The van der Waals surface area contributed by atoms with Crippen molar-refractivity contribution in [2.75, 3.05) is 7.05 Å². The van der Waals surface area contributed by atoms with Crippen LogP contribution in [0.15, 0.2) is 42.5 Å². The lowest BCUT2D eigenvalue weighted by atomic mass is 9.88. The Balaban J connectivity index is 2.35. The van der Waals surface area contributed by atoms with E-state index in [0.717, 1.165) is 17.4 Å². The number of nitrogens with one attached hydrogen (secondary N) is 1. The summed E-state index contributed by atoms with van der Waals surface area (Å²) < 4.78 is 0. The van der Waals surface area contributed by atoms with Gasteiger partial charge in [0.15, 0.2) is 0 Å². The lowest BCUT2D eigenvalue weighted by Gasteiger charge is -2.17. The molecule has 1 unspecified atom stereocenters. The van der Waals surface area contributed by atoms with Gasteiger partial charge in [0.2, 0.25) is 0 Å². The zero-order valence-electron chi connectivity index (χ0n) is 12.7. The fourth-order valence-electron chi connectivity index (χ4n) is 2.54. The highest BCUT2D eigenvalue weighted by Gasteiger charge is 2.17. The first kappa shape index (κ1) is 17.5. The molecular weight excluding hydrogens is 333 g/mol. The van der Waals surface area contributed by atoms with Crippen molar-refractivity contribution < 1.29 is 9.59 Å².